The van der Waals surface area contributed by atoms with Crippen LogP contribution in [0.4, 0.5) is 0 Å². The Morgan fingerprint density at radius 2 is 2.10 bits per heavy atom. The van der Waals surface area contributed by atoms with Crippen LogP contribution in [0, 0.1) is 11.3 Å². The van der Waals surface area contributed by atoms with E-state index in [0.29, 0.717) is 16.5 Å². The van der Waals surface area contributed by atoms with Gasteiger partial charge in [-0.05, 0) is 54.4 Å². The molecule has 31 heavy (non-hydrogen) atoms. The molecule has 0 saturated carbocycles. The van der Waals surface area contributed by atoms with E-state index in [-0.39, 0.29) is 23.7 Å². The number of aromatic nitrogens is 2. The Labute approximate surface area is 190 Å². The SMILES string of the molecule is CC(C)(C)C1CCc2sc(C(=O)NNC(=O)Cc3csc(-c4cccnc4)n3)cc2C1. The second kappa shape index (κ2) is 8.88. The quantitative estimate of drug-likeness (QED) is 0.572. The summed E-state index contributed by atoms with van der Waals surface area (Å²) in [5.41, 5.74) is 8.18. The highest BCUT2D eigenvalue weighted by Crippen LogP contribution is 2.40. The molecule has 1 atom stereocenters. The zero-order valence-corrected chi connectivity index (χ0v) is 19.5. The first kappa shape index (κ1) is 21.6. The Kier molecular flexibility index (Phi) is 6.20. The molecule has 3 aromatic rings. The zero-order chi connectivity index (χ0) is 22.0. The molecular formula is C23H26N4O2S2. The molecular weight excluding hydrogens is 428 g/mol. The molecule has 1 aliphatic carbocycles. The molecule has 2 amide bonds. The summed E-state index contributed by atoms with van der Waals surface area (Å²) in [6, 6.07) is 5.77. The topological polar surface area (TPSA) is 84.0 Å². The molecule has 162 valence electrons. The number of hydrogen-bond acceptors (Lipinski definition) is 6. The van der Waals surface area contributed by atoms with Crippen molar-refractivity contribution in [3.05, 3.63) is 57.0 Å². The lowest BCUT2D eigenvalue weighted by molar-refractivity contribution is -0.121. The molecule has 4 rings (SSSR count). The minimum atomic E-state index is -0.300. The van der Waals surface area contributed by atoms with E-state index in [2.05, 4.69) is 41.6 Å². The molecule has 0 radical (unpaired) electrons. The number of nitrogens with one attached hydrogen (secondary N) is 2. The van der Waals surface area contributed by atoms with Crippen LogP contribution in [0.15, 0.2) is 36.0 Å². The number of amides is 2. The fourth-order valence-corrected chi connectivity index (χ4v) is 5.70. The maximum Gasteiger partial charge on any atom is 0.279 e. The van der Waals surface area contributed by atoms with Crippen LogP contribution in [0.1, 0.15) is 53.0 Å². The van der Waals surface area contributed by atoms with Crippen LogP contribution in [-0.4, -0.2) is 21.8 Å². The summed E-state index contributed by atoms with van der Waals surface area (Å²) in [5, 5.41) is 2.67. The molecule has 3 aromatic heterocycles. The van der Waals surface area contributed by atoms with Gasteiger partial charge in [-0.2, -0.15) is 0 Å². The number of aryl methyl sites for hydroxylation is 1. The molecule has 0 saturated heterocycles. The summed E-state index contributed by atoms with van der Waals surface area (Å²) >= 11 is 3.00. The van der Waals surface area contributed by atoms with E-state index in [1.807, 2.05) is 23.6 Å². The van der Waals surface area contributed by atoms with Gasteiger partial charge in [0, 0.05) is 28.2 Å². The molecule has 0 aliphatic heterocycles. The predicted molar refractivity (Wildman–Crippen MR) is 124 cm³/mol. The second-order valence-electron chi connectivity index (χ2n) is 8.93. The largest absolute Gasteiger partial charge is 0.279 e. The maximum absolute atomic E-state index is 12.6. The van der Waals surface area contributed by atoms with Crippen molar-refractivity contribution in [2.45, 2.75) is 46.5 Å². The highest BCUT2D eigenvalue weighted by molar-refractivity contribution is 7.14. The van der Waals surface area contributed by atoms with E-state index in [1.54, 1.807) is 12.4 Å². The number of hydrogen-bond donors (Lipinski definition) is 2. The van der Waals surface area contributed by atoms with Crippen molar-refractivity contribution in [2.24, 2.45) is 11.3 Å². The molecule has 3 heterocycles. The van der Waals surface area contributed by atoms with Crippen LogP contribution in [0.3, 0.4) is 0 Å². The molecule has 0 bridgehead atoms. The summed E-state index contributed by atoms with van der Waals surface area (Å²) in [6.45, 7) is 6.83. The molecule has 6 nitrogen and oxygen atoms in total. The van der Waals surface area contributed by atoms with Gasteiger partial charge in [-0.3, -0.25) is 25.4 Å². The third kappa shape index (κ3) is 5.19. The standard InChI is InChI=1S/C23H26N4O2S2/c1-23(2,3)16-6-7-18-15(9-16)10-19(31-18)21(29)27-26-20(28)11-17-13-30-22(25-17)14-5-4-8-24-12-14/h4-5,8,10,12-13,16H,6-7,9,11H2,1-3H3,(H,26,28)(H,27,29). The first-order chi connectivity index (χ1) is 14.8. The van der Waals surface area contributed by atoms with Crippen molar-refractivity contribution in [3.63, 3.8) is 0 Å². The fraction of sp³-hybridized carbons (Fsp3) is 0.391. The highest BCUT2D eigenvalue weighted by atomic mass is 32.1. The van der Waals surface area contributed by atoms with Crippen molar-refractivity contribution >= 4 is 34.5 Å². The summed E-state index contributed by atoms with van der Waals surface area (Å²) in [5.74, 6) is 0.0553. The van der Waals surface area contributed by atoms with Gasteiger partial charge in [-0.15, -0.1) is 22.7 Å². The monoisotopic (exact) mass is 454 g/mol. The van der Waals surface area contributed by atoms with Gasteiger partial charge in [-0.1, -0.05) is 20.8 Å². The minimum absolute atomic E-state index is 0.102. The Balaban J connectivity index is 1.31. The Morgan fingerprint density at radius 1 is 1.26 bits per heavy atom. The van der Waals surface area contributed by atoms with Crippen molar-refractivity contribution in [2.75, 3.05) is 0 Å². The lowest BCUT2D eigenvalue weighted by Crippen LogP contribution is -2.42. The van der Waals surface area contributed by atoms with Crippen LogP contribution in [0.2, 0.25) is 0 Å². The number of nitrogens with zero attached hydrogens (tertiary/aromatic N) is 2. The lowest BCUT2D eigenvalue weighted by atomic mass is 9.72. The molecule has 2 N–H and O–H groups in total. The van der Waals surface area contributed by atoms with E-state index < -0.39 is 0 Å². The van der Waals surface area contributed by atoms with Gasteiger partial charge in [0.2, 0.25) is 5.91 Å². The van der Waals surface area contributed by atoms with Gasteiger partial charge in [0.25, 0.3) is 5.91 Å². The van der Waals surface area contributed by atoms with Crippen LogP contribution in [0.5, 0.6) is 0 Å². The Bertz CT molecular complexity index is 1080. The van der Waals surface area contributed by atoms with Crippen LogP contribution in [-0.2, 0) is 24.1 Å². The van der Waals surface area contributed by atoms with Gasteiger partial charge in [0.1, 0.15) is 5.01 Å². The van der Waals surface area contributed by atoms with Crippen molar-refractivity contribution < 1.29 is 9.59 Å². The number of fused-ring (bicyclic) bond motifs is 1. The first-order valence-electron chi connectivity index (χ1n) is 10.3. The molecule has 1 aliphatic rings. The van der Waals surface area contributed by atoms with E-state index in [9.17, 15) is 9.59 Å². The van der Waals surface area contributed by atoms with Gasteiger partial charge >= 0.3 is 0 Å². The second-order valence-corrected chi connectivity index (χ2v) is 10.9. The van der Waals surface area contributed by atoms with Gasteiger partial charge < -0.3 is 0 Å². The summed E-state index contributed by atoms with van der Waals surface area (Å²) in [4.78, 5) is 35.3. The van der Waals surface area contributed by atoms with Crippen molar-refractivity contribution in [1.29, 1.82) is 0 Å². The van der Waals surface area contributed by atoms with E-state index in [1.165, 1.54) is 33.1 Å². The maximum atomic E-state index is 12.6. The predicted octanol–water partition coefficient (Wildman–Crippen LogP) is 4.42. The first-order valence-corrected chi connectivity index (χ1v) is 12.0. The summed E-state index contributed by atoms with van der Waals surface area (Å²) in [6.07, 6.45) is 6.74. The van der Waals surface area contributed by atoms with Gasteiger partial charge in [0.05, 0.1) is 17.0 Å². The van der Waals surface area contributed by atoms with Crippen LogP contribution in [0.25, 0.3) is 10.6 Å². The van der Waals surface area contributed by atoms with Gasteiger partial charge in [0.15, 0.2) is 0 Å². The number of hydrazine groups is 1. The number of thiazole rings is 1. The number of thiophene rings is 1. The Hall–Kier alpha value is -2.58. The van der Waals surface area contributed by atoms with Crippen molar-refractivity contribution in [3.8, 4) is 10.6 Å². The van der Waals surface area contributed by atoms with E-state index in [4.69, 9.17) is 0 Å². The average Bonchev–Trinajstić information content (AvgIpc) is 3.38. The molecule has 0 spiro atoms. The molecule has 0 fully saturated rings. The van der Waals surface area contributed by atoms with Gasteiger partial charge in [-0.25, -0.2) is 4.98 Å². The van der Waals surface area contributed by atoms with Crippen LogP contribution >= 0.6 is 22.7 Å². The number of carbonyl (C=O) groups is 2. The van der Waals surface area contributed by atoms with Crippen molar-refractivity contribution in [1.82, 2.24) is 20.8 Å². The lowest BCUT2D eigenvalue weighted by Gasteiger charge is -2.33. The third-order valence-corrected chi connectivity index (χ3v) is 7.82. The Morgan fingerprint density at radius 3 is 2.84 bits per heavy atom. The fourth-order valence-electron chi connectivity index (χ4n) is 3.78. The zero-order valence-electron chi connectivity index (χ0n) is 17.9. The molecule has 8 heteroatoms. The van der Waals surface area contributed by atoms with E-state index >= 15 is 0 Å². The normalized spacial score (nSPS) is 15.9. The number of rotatable bonds is 4. The number of pyridine rings is 1. The summed E-state index contributed by atoms with van der Waals surface area (Å²) < 4.78 is 0. The number of carbonyl (C=O) groups excluding carboxylic acids is 2. The average molecular weight is 455 g/mol. The highest BCUT2D eigenvalue weighted by Gasteiger charge is 2.30. The smallest absolute Gasteiger partial charge is 0.273 e. The molecule has 0 aromatic carbocycles. The third-order valence-electron chi connectivity index (χ3n) is 5.65. The van der Waals surface area contributed by atoms with E-state index in [0.717, 1.165) is 29.8 Å². The molecule has 1 unspecified atom stereocenters. The minimum Gasteiger partial charge on any atom is -0.273 e. The van der Waals surface area contributed by atoms with Crippen LogP contribution < -0.4 is 10.9 Å². The summed E-state index contributed by atoms with van der Waals surface area (Å²) in [7, 11) is 0.